The number of fused-ring (bicyclic) bond motifs is 4. The van der Waals surface area contributed by atoms with Gasteiger partial charge in [0.05, 0.1) is 11.1 Å². The van der Waals surface area contributed by atoms with Gasteiger partial charge in [0, 0.05) is 36.1 Å². The third-order valence-electron chi connectivity index (χ3n) is 7.46. The number of benzene rings is 6. The predicted octanol–water partition coefficient (Wildman–Crippen LogP) is 8.73. The molecule has 0 atom stereocenters. The van der Waals surface area contributed by atoms with Gasteiger partial charge in [0.25, 0.3) is 0 Å². The van der Waals surface area contributed by atoms with Crippen molar-refractivity contribution < 1.29 is 29.1 Å². The summed E-state index contributed by atoms with van der Waals surface area (Å²) in [5.41, 5.74) is 4.50. The zero-order valence-electron chi connectivity index (χ0n) is 23.6. The van der Waals surface area contributed by atoms with E-state index < -0.39 is 7.14 Å². The van der Waals surface area contributed by atoms with Crippen LogP contribution in [0.3, 0.4) is 0 Å². The molecule has 8 aromatic rings. The molecule has 0 unspecified atom stereocenters. The van der Waals surface area contributed by atoms with Gasteiger partial charge in [0.1, 0.15) is 12.7 Å². The van der Waals surface area contributed by atoms with E-state index in [1.54, 1.807) is 0 Å². The molecule has 0 saturated carbocycles. The molecule has 5 heteroatoms. The first-order chi connectivity index (χ1) is 21.2. The molecule has 8 rings (SSSR count). The van der Waals surface area contributed by atoms with E-state index in [0.29, 0.717) is 0 Å². The summed E-state index contributed by atoms with van der Waals surface area (Å²) in [5, 5.41) is 5.79. The number of para-hydroxylation sites is 2. The van der Waals surface area contributed by atoms with Crippen LogP contribution in [0.1, 0.15) is 0 Å². The number of furan rings is 1. The van der Waals surface area contributed by atoms with E-state index >= 15 is 0 Å². The van der Waals surface area contributed by atoms with Gasteiger partial charge in [-0.15, -0.1) is 18.2 Å². The van der Waals surface area contributed by atoms with Gasteiger partial charge in [0.2, 0.25) is 0 Å². The summed E-state index contributed by atoms with van der Waals surface area (Å²) < 4.78 is 19.9. The number of pyridine rings is 1. The van der Waals surface area contributed by atoms with Crippen LogP contribution in [-0.4, -0.2) is 4.98 Å². The van der Waals surface area contributed by atoms with Crippen molar-refractivity contribution >= 4 is 55.9 Å². The van der Waals surface area contributed by atoms with Gasteiger partial charge < -0.3 is 8.98 Å². The van der Waals surface area contributed by atoms with Crippen LogP contribution < -0.4 is 15.9 Å². The molecule has 0 bridgehead atoms. The third-order valence-corrected chi connectivity index (χ3v) is 10.5. The molecule has 6 aromatic carbocycles. The molecule has 0 amide bonds. The number of hydrogen-bond acceptors (Lipinski definition) is 3. The fourth-order valence-corrected chi connectivity index (χ4v) is 7.96. The van der Waals surface area contributed by atoms with Gasteiger partial charge in [-0.05, 0) is 23.2 Å². The van der Waals surface area contributed by atoms with Gasteiger partial charge in [-0.1, -0.05) is 125 Å². The van der Waals surface area contributed by atoms with E-state index in [2.05, 4.69) is 30.3 Å². The van der Waals surface area contributed by atoms with E-state index in [-0.39, 0.29) is 20.1 Å². The molecule has 0 aliphatic heterocycles. The molecule has 1 radical (unpaired) electrons. The minimum Gasteiger partial charge on any atom is -0.501 e. The van der Waals surface area contributed by atoms with Gasteiger partial charge in [0.15, 0.2) is 0 Å². The van der Waals surface area contributed by atoms with Crippen molar-refractivity contribution in [3.8, 4) is 11.3 Å². The molecule has 2 aromatic heterocycles. The molecule has 44 heavy (non-hydrogen) atoms. The molecule has 0 saturated heterocycles. The van der Waals surface area contributed by atoms with Crippen molar-refractivity contribution in [3.63, 3.8) is 0 Å². The molecular weight excluding hydrogens is 738 g/mol. The van der Waals surface area contributed by atoms with E-state index in [1.807, 2.05) is 140 Å². The summed E-state index contributed by atoms with van der Waals surface area (Å²) in [7, 11) is -2.83. The maximum atomic E-state index is 13.8. The quantitative estimate of drug-likeness (QED) is 0.133. The van der Waals surface area contributed by atoms with Crippen LogP contribution in [0.15, 0.2) is 162 Å². The third kappa shape index (κ3) is 5.56. The average molecular weight is 764 g/mol. The smallest absolute Gasteiger partial charge is 0.147 e. The topological polar surface area (TPSA) is 43.1 Å². The molecular formula is C39H26IrNO2P-2. The second-order valence-corrected chi connectivity index (χ2v) is 12.8. The molecule has 2 heterocycles. The zero-order valence-corrected chi connectivity index (χ0v) is 26.8. The van der Waals surface area contributed by atoms with Crippen LogP contribution in [0.4, 0.5) is 0 Å². The summed E-state index contributed by atoms with van der Waals surface area (Å²) in [4.78, 5) is 4.77. The minimum absolute atomic E-state index is 0. The first-order valence-electron chi connectivity index (χ1n) is 14.1. The molecule has 0 N–H and O–H groups in total. The summed E-state index contributed by atoms with van der Waals surface area (Å²) in [6.45, 7) is 0. The van der Waals surface area contributed by atoms with Crippen LogP contribution in [0.25, 0.3) is 44.1 Å². The van der Waals surface area contributed by atoms with E-state index in [0.717, 1.165) is 60.0 Å². The number of rotatable bonds is 4. The first-order valence-corrected chi connectivity index (χ1v) is 15.8. The number of hydrogen-bond donors (Lipinski definition) is 0. The summed E-state index contributed by atoms with van der Waals surface area (Å²) in [5.74, 6) is 0. The van der Waals surface area contributed by atoms with Gasteiger partial charge in [-0.25, -0.2) is 0 Å². The molecule has 3 nitrogen and oxygen atoms in total. The standard InChI is InChI=1S/C21H12NO.C18H14OP.Ir/c1-3-10-18-14(6-1)12-13-19(22-18)17-9-5-8-16-15-7-2-4-11-20(15)23-21(16)17;19-20(16-10-4-1-5-11-16,17-12-6-2-7-13-17)18-14-8-3-9-15-18;/h1-8,10-13H;1-14H;/q2*-1;. The molecule has 0 aliphatic carbocycles. The Balaban J connectivity index is 0.000000154. The van der Waals surface area contributed by atoms with Crippen LogP contribution in [0.2, 0.25) is 0 Å². The zero-order chi connectivity index (χ0) is 29.1. The summed E-state index contributed by atoms with van der Waals surface area (Å²) in [6, 6.07) is 57.5. The summed E-state index contributed by atoms with van der Waals surface area (Å²) in [6.07, 6.45) is 0. The molecule has 0 fully saturated rings. The SMILES string of the molecule is O=P(c1[c-]cccc1)(c1ccccc1)c1ccccc1.[Ir].[c-]1ccc2c(oc3ccccc32)c1-c1ccc2ccccc2n1. The van der Waals surface area contributed by atoms with Crippen LogP contribution in [-0.2, 0) is 24.7 Å². The Kier molecular flexibility index (Phi) is 8.68. The molecule has 0 spiro atoms. The Morgan fingerprint density at radius 3 is 1.95 bits per heavy atom. The predicted molar refractivity (Wildman–Crippen MR) is 178 cm³/mol. The van der Waals surface area contributed by atoms with Gasteiger partial charge in [-0.3, -0.25) is 4.98 Å². The molecule has 0 aliphatic rings. The van der Waals surface area contributed by atoms with Gasteiger partial charge >= 0.3 is 0 Å². The fourth-order valence-electron chi connectivity index (χ4n) is 5.37. The summed E-state index contributed by atoms with van der Waals surface area (Å²) >= 11 is 0. The monoisotopic (exact) mass is 764 g/mol. The van der Waals surface area contributed by atoms with Crippen LogP contribution in [0.5, 0.6) is 0 Å². The largest absolute Gasteiger partial charge is 0.501 e. The average Bonchev–Trinajstić information content (AvgIpc) is 3.48. The Bertz CT molecular complexity index is 2110. The van der Waals surface area contributed by atoms with Crippen molar-refractivity contribution in [3.05, 3.63) is 170 Å². The maximum Gasteiger partial charge on any atom is 0.147 e. The minimum atomic E-state index is -2.83. The number of nitrogens with zero attached hydrogens (tertiary/aromatic N) is 1. The Labute approximate surface area is 269 Å². The second kappa shape index (κ2) is 13.0. The first kappa shape index (κ1) is 29.5. The second-order valence-electron chi connectivity index (χ2n) is 10.1. The normalized spacial score (nSPS) is 11.1. The van der Waals surface area contributed by atoms with Crippen molar-refractivity contribution in [2.45, 2.75) is 0 Å². The van der Waals surface area contributed by atoms with E-state index in [4.69, 9.17) is 9.40 Å². The van der Waals surface area contributed by atoms with Crippen molar-refractivity contribution in [1.82, 2.24) is 4.98 Å². The van der Waals surface area contributed by atoms with Gasteiger partial charge in [-0.2, -0.15) is 30.3 Å². The van der Waals surface area contributed by atoms with Crippen molar-refractivity contribution in [1.29, 1.82) is 0 Å². The van der Waals surface area contributed by atoms with E-state index in [1.165, 1.54) is 0 Å². The Hall–Kier alpha value is -4.59. The van der Waals surface area contributed by atoms with Crippen LogP contribution >= 0.6 is 7.14 Å². The fraction of sp³-hybridized carbons (Fsp3) is 0. The Morgan fingerprint density at radius 2 is 1.23 bits per heavy atom. The number of aromatic nitrogens is 1. The van der Waals surface area contributed by atoms with Crippen molar-refractivity contribution in [2.75, 3.05) is 0 Å². The van der Waals surface area contributed by atoms with Crippen LogP contribution in [0, 0.1) is 12.1 Å². The maximum absolute atomic E-state index is 13.8. The van der Waals surface area contributed by atoms with Crippen molar-refractivity contribution in [2.24, 2.45) is 0 Å². The molecule has 215 valence electrons. The van der Waals surface area contributed by atoms with E-state index in [9.17, 15) is 4.57 Å². The Morgan fingerprint density at radius 1 is 0.568 bits per heavy atom.